The van der Waals surface area contributed by atoms with Crippen LogP contribution >= 0.6 is 0 Å². The quantitative estimate of drug-likeness (QED) is 0.634. The van der Waals surface area contributed by atoms with Crippen LogP contribution in [0.5, 0.6) is 5.75 Å². The monoisotopic (exact) mass is 430 g/mol. The maximum absolute atomic E-state index is 13.4. The molecule has 10 heteroatoms. The minimum atomic E-state index is -3.96. The first-order chi connectivity index (χ1) is 13.0. The Morgan fingerprint density at radius 2 is 1.64 bits per heavy atom. The summed E-state index contributed by atoms with van der Waals surface area (Å²) in [4.78, 5) is -0.147. The van der Waals surface area contributed by atoms with Crippen LogP contribution in [-0.2, 0) is 26.5 Å². The minimum absolute atomic E-state index is 0.0427. The van der Waals surface area contributed by atoms with Crippen LogP contribution in [0.2, 0.25) is 0 Å². The van der Waals surface area contributed by atoms with E-state index in [1.54, 1.807) is 26.0 Å². The van der Waals surface area contributed by atoms with Crippen LogP contribution in [0.3, 0.4) is 0 Å². The molecule has 28 heavy (non-hydrogen) atoms. The molecule has 0 heterocycles. The fourth-order valence-electron chi connectivity index (χ4n) is 2.48. The number of halogens is 1. The smallest absolute Gasteiger partial charge is 0.244 e. The highest BCUT2D eigenvalue weighted by Crippen LogP contribution is 2.24. The molecule has 2 aromatic carbocycles. The molecule has 0 saturated carbocycles. The fraction of sp³-hybridized carbons (Fsp3) is 0.333. The Hall–Kier alpha value is -2.01. The van der Waals surface area contributed by atoms with Crippen LogP contribution in [-0.4, -0.2) is 36.5 Å². The summed E-state index contributed by atoms with van der Waals surface area (Å²) in [6, 6.07) is 9.18. The van der Waals surface area contributed by atoms with E-state index in [0.29, 0.717) is 6.42 Å². The predicted octanol–water partition coefficient (Wildman–Crippen LogP) is 2.04. The van der Waals surface area contributed by atoms with Gasteiger partial charge in [-0.25, -0.2) is 30.7 Å². The lowest BCUT2D eigenvalue weighted by Gasteiger charge is -2.11. The van der Waals surface area contributed by atoms with Gasteiger partial charge in [0, 0.05) is 12.6 Å². The number of nitrogens with one attached hydrogen (secondary N) is 2. The third kappa shape index (κ3) is 5.74. The van der Waals surface area contributed by atoms with Crippen molar-refractivity contribution in [2.24, 2.45) is 0 Å². The first-order valence-electron chi connectivity index (χ1n) is 8.49. The Kier molecular flexibility index (Phi) is 7.16. The lowest BCUT2D eigenvalue weighted by Crippen LogP contribution is -2.30. The first kappa shape index (κ1) is 22.3. The van der Waals surface area contributed by atoms with Crippen molar-refractivity contribution in [1.82, 2.24) is 9.44 Å². The second-order valence-corrected chi connectivity index (χ2v) is 9.81. The fourth-order valence-corrected chi connectivity index (χ4v) is 4.94. The number of hydrogen-bond acceptors (Lipinski definition) is 5. The standard InChI is InChI=1S/C18H23FN2O5S2/c1-13(2)21-27(22,23)16-7-4-14(5-8-16)10-11-20-28(24,25)18-12-15(19)6-9-17(18)26-3/h4-9,12-13,20-21H,10-11H2,1-3H3. The SMILES string of the molecule is COc1ccc(F)cc1S(=O)(=O)NCCc1ccc(S(=O)(=O)NC(C)C)cc1. The van der Waals surface area contributed by atoms with Gasteiger partial charge in [0.05, 0.1) is 12.0 Å². The number of benzene rings is 2. The van der Waals surface area contributed by atoms with Crippen LogP contribution in [0, 0.1) is 5.82 Å². The van der Waals surface area contributed by atoms with Crippen LogP contribution in [0.15, 0.2) is 52.3 Å². The molecule has 0 bridgehead atoms. The number of ether oxygens (including phenoxy) is 1. The summed E-state index contributed by atoms with van der Waals surface area (Å²) in [5.74, 6) is -0.644. The van der Waals surface area contributed by atoms with Crippen molar-refractivity contribution >= 4 is 20.0 Å². The van der Waals surface area contributed by atoms with E-state index in [9.17, 15) is 21.2 Å². The van der Waals surface area contributed by atoms with E-state index >= 15 is 0 Å². The number of hydrogen-bond donors (Lipinski definition) is 2. The van der Waals surface area contributed by atoms with Gasteiger partial charge in [-0.2, -0.15) is 0 Å². The molecule has 0 saturated heterocycles. The molecule has 154 valence electrons. The Bertz CT molecular complexity index is 1020. The zero-order valence-electron chi connectivity index (χ0n) is 15.8. The molecular formula is C18H23FN2O5S2. The third-order valence-electron chi connectivity index (χ3n) is 3.75. The van der Waals surface area contributed by atoms with Crippen LogP contribution in [0.4, 0.5) is 4.39 Å². The predicted molar refractivity (Wildman–Crippen MR) is 104 cm³/mol. The lowest BCUT2D eigenvalue weighted by molar-refractivity contribution is 0.400. The molecular weight excluding hydrogens is 407 g/mol. The molecule has 0 aliphatic heterocycles. The summed E-state index contributed by atoms with van der Waals surface area (Å²) in [7, 11) is -6.24. The van der Waals surface area contributed by atoms with Gasteiger partial charge in [-0.1, -0.05) is 12.1 Å². The van der Waals surface area contributed by atoms with Crippen LogP contribution in [0.1, 0.15) is 19.4 Å². The Morgan fingerprint density at radius 1 is 1.00 bits per heavy atom. The molecule has 0 radical (unpaired) electrons. The van der Waals surface area contributed by atoms with Gasteiger partial charge in [0.15, 0.2) is 0 Å². The van der Waals surface area contributed by atoms with Gasteiger partial charge in [0.2, 0.25) is 20.0 Å². The summed E-state index contributed by atoms with van der Waals surface area (Å²) < 4.78 is 72.3. The molecule has 0 unspecified atom stereocenters. The normalized spacial score (nSPS) is 12.3. The number of rotatable bonds is 9. The van der Waals surface area contributed by atoms with Crippen LogP contribution < -0.4 is 14.2 Å². The second kappa shape index (κ2) is 8.99. The molecule has 0 fully saturated rings. The van der Waals surface area contributed by atoms with Gasteiger partial charge in [-0.15, -0.1) is 0 Å². The molecule has 0 aliphatic carbocycles. The van der Waals surface area contributed by atoms with E-state index in [4.69, 9.17) is 4.74 Å². The van der Waals surface area contributed by atoms with E-state index < -0.39 is 25.9 Å². The molecule has 0 atom stereocenters. The van der Waals surface area contributed by atoms with Crippen molar-refractivity contribution in [3.05, 3.63) is 53.8 Å². The molecule has 2 N–H and O–H groups in total. The van der Waals surface area contributed by atoms with Gasteiger partial charge >= 0.3 is 0 Å². The van der Waals surface area contributed by atoms with E-state index in [1.807, 2.05) is 0 Å². The van der Waals surface area contributed by atoms with Gasteiger partial charge < -0.3 is 4.74 Å². The lowest BCUT2D eigenvalue weighted by atomic mass is 10.2. The average Bonchev–Trinajstić information content (AvgIpc) is 2.61. The van der Waals surface area contributed by atoms with Gasteiger partial charge in [-0.3, -0.25) is 0 Å². The Morgan fingerprint density at radius 3 is 2.21 bits per heavy atom. The maximum atomic E-state index is 13.4. The Labute approximate surface area is 165 Å². The average molecular weight is 431 g/mol. The molecule has 0 aromatic heterocycles. The zero-order valence-corrected chi connectivity index (χ0v) is 17.4. The summed E-state index contributed by atoms with van der Waals surface area (Å²) in [5, 5.41) is 0. The zero-order chi connectivity index (χ0) is 20.9. The molecule has 0 spiro atoms. The van der Waals surface area contributed by atoms with Crippen molar-refractivity contribution in [3.63, 3.8) is 0 Å². The highest BCUT2D eigenvalue weighted by molar-refractivity contribution is 7.89. The molecule has 2 rings (SSSR count). The van der Waals surface area contributed by atoms with Crippen LogP contribution in [0.25, 0.3) is 0 Å². The summed E-state index contributed by atoms with van der Waals surface area (Å²) in [6.45, 7) is 3.51. The minimum Gasteiger partial charge on any atom is -0.495 e. The van der Waals surface area contributed by atoms with Crippen molar-refractivity contribution in [1.29, 1.82) is 0 Å². The van der Waals surface area contributed by atoms with Crippen molar-refractivity contribution in [2.75, 3.05) is 13.7 Å². The maximum Gasteiger partial charge on any atom is 0.244 e. The van der Waals surface area contributed by atoms with Crippen molar-refractivity contribution < 1.29 is 26.0 Å². The third-order valence-corrected chi connectivity index (χ3v) is 6.90. The van der Waals surface area contributed by atoms with Gasteiger partial charge in [0.1, 0.15) is 16.5 Å². The molecule has 2 aromatic rings. The summed E-state index contributed by atoms with van der Waals surface area (Å²) in [6.07, 6.45) is 0.328. The number of methoxy groups -OCH3 is 1. The van der Waals surface area contributed by atoms with Crippen molar-refractivity contribution in [2.45, 2.75) is 36.1 Å². The summed E-state index contributed by atoms with van der Waals surface area (Å²) in [5.41, 5.74) is 0.748. The van der Waals surface area contributed by atoms with E-state index in [1.165, 1.54) is 25.3 Å². The largest absolute Gasteiger partial charge is 0.495 e. The molecule has 0 aliphatic rings. The summed E-state index contributed by atoms with van der Waals surface area (Å²) >= 11 is 0. The Balaban J connectivity index is 2.04. The second-order valence-electron chi connectivity index (χ2n) is 6.36. The first-order valence-corrected chi connectivity index (χ1v) is 11.5. The molecule has 0 amide bonds. The van der Waals surface area contributed by atoms with E-state index in [-0.39, 0.29) is 28.1 Å². The topological polar surface area (TPSA) is 102 Å². The van der Waals surface area contributed by atoms with Gasteiger partial charge in [0.25, 0.3) is 0 Å². The van der Waals surface area contributed by atoms with Gasteiger partial charge in [-0.05, 0) is 56.2 Å². The highest BCUT2D eigenvalue weighted by atomic mass is 32.2. The molecule has 7 nitrogen and oxygen atoms in total. The highest BCUT2D eigenvalue weighted by Gasteiger charge is 2.20. The number of sulfonamides is 2. The van der Waals surface area contributed by atoms with Crippen molar-refractivity contribution in [3.8, 4) is 5.75 Å². The van der Waals surface area contributed by atoms with E-state index in [0.717, 1.165) is 17.7 Å². The van der Waals surface area contributed by atoms with E-state index in [2.05, 4.69) is 9.44 Å².